The average Bonchev–Trinajstić information content (AvgIpc) is 3.22. The summed E-state index contributed by atoms with van der Waals surface area (Å²) < 4.78 is 33.1. The smallest absolute Gasteiger partial charge is 0.252 e. The van der Waals surface area contributed by atoms with Gasteiger partial charge in [0, 0.05) is 19.6 Å². The van der Waals surface area contributed by atoms with Crippen molar-refractivity contribution in [1.82, 2.24) is 9.62 Å². The summed E-state index contributed by atoms with van der Waals surface area (Å²) in [5, 5.41) is 4.69. The van der Waals surface area contributed by atoms with E-state index in [1.165, 1.54) is 34.9 Å². The van der Waals surface area contributed by atoms with Crippen molar-refractivity contribution < 1.29 is 17.9 Å². The van der Waals surface area contributed by atoms with Crippen LogP contribution in [0, 0.1) is 11.8 Å². The zero-order valence-electron chi connectivity index (χ0n) is 15.9. The summed E-state index contributed by atoms with van der Waals surface area (Å²) in [7, 11) is -3.48. The van der Waals surface area contributed by atoms with E-state index in [0.717, 1.165) is 12.8 Å². The molecule has 6 nitrogen and oxygen atoms in total. The van der Waals surface area contributed by atoms with E-state index in [1.807, 2.05) is 0 Å². The van der Waals surface area contributed by atoms with E-state index in [2.05, 4.69) is 12.2 Å². The predicted molar refractivity (Wildman–Crippen MR) is 106 cm³/mol. The van der Waals surface area contributed by atoms with E-state index >= 15 is 0 Å². The Morgan fingerprint density at radius 1 is 1.30 bits per heavy atom. The number of nitrogens with one attached hydrogen (secondary N) is 1. The first-order chi connectivity index (χ1) is 13.0. The molecular weight excluding hydrogens is 384 g/mol. The highest BCUT2D eigenvalue weighted by Crippen LogP contribution is 2.27. The number of amides is 1. The Morgan fingerprint density at radius 3 is 2.85 bits per heavy atom. The van der Waals surface area contributed by atoms with Gasteiger partial charge in [-0.05, 0) is 43.0 Å². The van der Waals surface area contributed by atoms with Crippen LogP contribution < -0.4 is 5.32 Å². The number of nitrogens with zero attached hydrogens (tertiary/aromatic N) is 1. The minimum Gasteiger partial charge on any atom is -0.376 e. The van der Waals surface area contributed by atoms with Gasteiger partial charge in [-0.3, -0.25) is 4.79 Å². The van der Waals surface area contributed by atoms with Gasteiger partial charge >= 0.3 is 0 Å². The fourth-order valence-corrected chi connectivity index (χ4v) is 6.64. The van der Waals surface area contributed by atoms with Gasteiger partial charge in [-0.15, -0.1) is 11.3 Å². The van der Waals surface area contributed by atoms with Crippen molar-refractivity contribution in [3.8, 4) is 0 Å². The van der Waals surface area contributed by atoms with Gasteiger partial charge in [0.15, 0.2) is 0 Å². The summed E-state index contributed by atoms with van der Waals surface area (Å²) in [5.74, 6) is 0.229. The van der Waals surface area contributed by atoms with Crippen LogP contribution in [-0.4, -0.2) is 51.0 Å². The third-order valence-corrected chi connectivity index (χ3v) is 8.85. The summed E-state index contributed by atoms with van der Waals surface area (Å²) >= 11 is 1.22. The van der Waals surface area contributed by atoms with Gasteiger partial charge in [0.05, 0.1) is 18.6 Å². The first-order valence-corrected chi connectivity index (χ1v) is 12.2. The number of sulfonamides is 1. The summed E-state index contributed by atoms with van der Waals surface area (Å²) in [4.78, 5) is 12.5. The zero-order chi connectivity index (χ0) is 19.3. The molecule has 2 aliphatic rings. The molecule has 3 rings (SSSR count). The molecule has 0 spiro atoms. The normalized spacial score (nSPS) is 27.4. The van der Waals surface area contributed by atoms with Gasteiger partial charge in [0.1, 0.15) is 4.21 Å². The van der Waals surface area contributed by atoms with E-state index in [9.17, 15) is 13.2 Å². The van der Waals surface area contributed by atoms with Gasteiger partial charge in [0.2, 0.25) is 5.91 Å². The topological polar surface area (TPSA) is 75.7 Å². The summed E-state index contributed by atoms with van der Waals surface area (Å²) in [6.45, 7) is 3.97. The second-order valence-electron chi connectivity index (χ2n) is 7.60. The Hall–Kier alpha value is -0.960. The number of hydrogen-bond acceptors (Lipinski definition) is 5. The van der Waals surface area contributed by atoms with Gasteiger partial charge in [-0.2, -0.15) is 4.31 Å². The average molecular weight is 415 g/mol. The molecule has 1 N–H and O–H groups in total. The SMILES string of the molecule is CC1CCCCC1OCCNC(=O)C1CCCN(S(=O)(=O)c2cccs2)C1. The zero-order valence-corrected chi connectivity index (χ0v) is 17.6. The number of ether oxygens (including phenoxy) is 1. The first kappa shape index (κ1) is 20.8. The second kappa shape index (κ2) is 9.49. The lowest BCUT2D eigenvalue weighted by Gasteiger charge is -2.31. The molecule has 3 unspecified atom stereocenters. The maximum absolute atomic E-state index is 12.7. The molecule has 2 fully saturated rings. The third kappa shape index (κ3) is 5.31. The molecule has 1 amide bonds. The Morgan fingerprint density at radius 2 is 2.11 bits per heavy atom. The summed E-state index contributed by atoms with van der Waals surface area (Å²) in [5.41, 5.74) is 0. The highest BCUT2D eigenvalue weighted by molar-refractivity contribution is 7.91. The third-order valence-electron chi connectivity index (χ3n) is 5.61. The van der Waals surface area contributed by atoms with Crippen molar-refractivity contribution in [3.05, 3.63) is 17.5 Å². The predicted octanol–water partition coefficient (Wildman–Crippen LogP) is 2.86. The molecule has 0 aromatic carbocycles. The number of rotatable bonds is 7. The van der Waals surface area contributed by atoms with Gasteiger partial charge < -0.3 is 10.1 Å². The van der Waals surface area contributed by atoms with Crippen molar-refractivity contribution >= 4 is 27.3 Å². The molecule has 0 radical (unpaired) electrons. The van der Waals surface area contributed by atoms with Crippen LogP contribution in [0.4, 0.5) is 0 Å². The van der Waals surface area contributed by atoms with Crippen molar-refractivity contribution in [2.45, 2.75) is 55.8 Å². The summed E-state index contributed by atoms with van der Waals surface area (Å²) in [6.07, 6.45) is 6.56. The van der Waals surface area contributed by atoms with Crippen LogP contribution in [-0.2, 0) is 19.6 Å². The lowest BCUT2D eigenvalue weighted by atomic mass is 9.88. The van der Waals surface area contributed by atoms with E-state index in [-0.39, 0.29) is 18.4 Å². The van der Waals surface area contributed by atoms with Crippen LogP contribution in [0.5, 0.6) is 0 Å². The molecule has 0 bridgehead atoms. The maximum atomic E-state index is 12.7. The number of piperidine rings is 1. The lowest BCUT2D eigenvalue weighted by Crippen LogP contribution is -2.45. The van der Waals surface area contributed by atoms with Crippen molar-refractivity contribution in [2.75, 3.05) is 26.2 Å². The van der Waals surface area contributed by atoms with E-state index < -0.39 is 10.0 Å². The minimum absolute atomic E-state index is 0.0682. The Bertz CT molecular complexity index is 705. The fraction of sp³-hybridized carbons (Fsp3) is 0.737. The molecule has 2 heterocycles. The molecule has 152 valence electrons. The summed E-state index contributed by atoms with van der Waals surface area (Å²) in [6, 6.07) is 3.35. The standard InChI is InChI=1S/C19H30N2O4S2/c1-15-6-2-3-8-17(15)25-12-10-20-19(22)16-7-4-11-21(14-16)27(23,24)18-9-5-13-26-18/h5,9,13,15-17H,2-4,6-8,10-12,14H2,1H3,(H,20,22). The van der Waals surface area contributed by atoms with Gasteiger partial charge in [-0.25, -0.2) is 8.42 Å². The van der Waals surface area contributed by atoms with E-state index in [4.69, 9.17) is 4.74 Å². The quantitative estimate of drug-likeness (QED) is 0.696. The molecule has 1 aliphatic carbocycles. The van der Waals surface area contributed by atoms with Gasteiger partial charge in [0.25, 0.3) is 10.0 Å². The fourth-order valence-electron chi connectivity index (χ4n) is 3.97. The number of carbonyl (C=O) groups excluding carboxylic acids is 1. The largest absolute Gasteiger partial charge is 0.376 e. The number of thiophene rings is 1. The van der Waals surface area contributed by atoms with Crippen molar-refractivity contribution in [1.29, 1.82) is 0 Å². The molecule has 1 aliphatic heterocycles. The lowest BCUT2D eigenvalue weighted by molar-refractivity contribution is -0.126. The molecule has 8 heteroatoms. The molecule has 3 atom stereocenters. The van der Waals surface area contributed by atoms with Gasteiger partial charge in [-0.1, -0.05) is 25.8 Å². The molecule has 1 aromatic rings. The minimum atomic E-state index is -3.48. The van der Waals surface area contributed by atoms with E-state index in [0.29, 0.717) is 42.3 Å². The molecule has 27 heavy (non-hydrogen) atoms. The molecule has 1 saturated heterocycles. The highest BCUT2D eigenvalue weighted by atomic mass is 32.2. The van der Waals surface area contributed by atoms with Crippen LogP contribution in [0.2, 0.25) is 0 Å². The molecular formula is C19H30N2O4S2. The maximum Gasteiger partial charge on any atom is 0.252 e. The number of hydrogen-bond donors (Lipinski definition) is 1. The Labute approximate surface area is 166 Å². The molecule has 1 saturated carbocycles. The second-order valence-corrected chi connectivity index (χ2v) is 10.7. The Kier molecular flexibility index (Phi) is 7.30. The highest BCUT2D eigenvalue weighted by Gasteiger charge is 2.33. The monoisotopic (exact) mass is 414 g/mol. The van der Waals surface area contributed by atoms with Crippen molar-refractivity contribution in [3.63, 3.8) is 0 Å². The van der Waals surface area contributed by atoms with Crippen LogP contribution >= 0.6 is 11.3 Å². The number of carbonyl (C=O) groups is 1. The van der Waals surface area contributed by atoms with Crippen LogP contribution in [0.15, 0.2) is 21.7 Å². The van der Waals surface area contributed by atoms with Crippen LogP contribution in [0.3, 0.4) is 0 Å². The van der Waals surface area contributed by atoms with Crippen LogP contribution in [0.25, 0.3) is 0 Å². The first-order valence-electron chi connectivity index (χ1n) is 9.91. The van der Waals surface area contributed by atoms with Crippen molar-refractivity contribution in [2.24, 2.45) is 11.8 Å². The van der Waals surface area contributed by atoms with Crippen LogP contribution in [0.1, 0.15) is 45.4 Å². The Balaban J connectivity index is 1.44. The van der Waals surface area contributed by atoms with E-state index in [1.54, 1.807) is 17.5 Å². The molecule has 1 aromatic heterocycles.